The Bertz CT molecular complexity index is 480. The maximum Gasteiger partial charge on any atom is 0.406 e. The van der Waals surface area contributed by atoms with Gasteiger partial charge in [-0.15, -0.1) is 0 Å². The van der Waals surface area contributed by atoms with Crippen molar-refractivity contribution in [2.24, 2.45) is 5.73 Å². The zero-order valence-corrected chi connectivity index (χ0v) is 11.2. The third kappa shape index (κ3) is 3.72. The molecule has 0 bridgehead atoms. The van der Waals surface area contributed by atoms with Gasteiger partial charge >= 0.3 is 6.18 Å². The maximum atomic E-state index is 12.5. The first-order chi connectivity index (χ1) is 9.28. The molecule has 1 saturated carbocycles. The van der Waals surface area contributed by atoms with Gasteiger partial charge in [-0.1, -0.05) is 29.8 Å². The number of nitrogens with two attached hydrogens (primary N) is 1. The molecule has 1 fully saturated rings. The highest BCUT2D eigenvalue weighted by Crippen LogP contribution is 2.32. The van der Waals surface area contributed by atoms with Gasteiger partial charge in [-0.3, -0.25) is 4.79 Å². The summed E-state index contributed by atoms with van der Waals surface area (Å²) in [6.45, 7) is 0.660. The molecule has 0 aromatic heterocycles. The summed E-state index contributed by atoms with van der Waals surface area (Å²) in [6, 6.07) is 5.56. The van der Waals surface area contributed by atoms with Crippen molar-refractivity contribution in [1.82, 2.24) is 4.90 Å². The van der Waals surface area contributed by atoms with Crippen molar-refractivity contribution in [1.29, 1.82) is 0 Å². The lowest BCUT2D eigenvalue weighted by atomic mass is 10.0. The van der Waals surface area contributed by atoms with E-state index in [-0.39, 0.29) is 6.04 Å². The first-order valence-electron chi connectivity index (χ1n) is 6.47. The average molecular weight is 286 g/mol. The quantitative estimate of drug-likeness (QED) is 0.924. The topological polar surface area (TPSA) is 46.3 Å². The zero-order chi connectivity index (χ0) is 14.9. The molecule has 20 heavy (non-hydrogen) atoms. The van der Waals surface area contributed by atoms with Gasteiger partial charge in [-0.05, 0) is 25.3 Å². The van der Waals surface area contributed by atoms with Gasteiger partial charge in [-0.25, -0.2) is 0 Å². The molecule has 1 amide bonds. The van der Waals surface area contributed by atoms with Crippen molar-refractivity contribution >= 4 is 5.91 Å². The molecule has 1 aromatic rings. The number of alkyl halides is 3. The monoisotopic (exact) mass is 286 g/mol. The lowest BCUT2D eigenvalue weighted by Gasteiger charge is -2.26. The number of nitrogens with zero attached hydrogens (tertiary/aromatic N) is 1. The van der Waals surface area contributed by atoms with E-state index < -0.39 is 24.7 Å². The highest BCUT2D eigenvalue weighted by atomic mass is 19.4. The van der Waals surface area contributed by atoms with Gasteiger partial charge in [0, 0.05) is 6.04 Å². The van der Waals surface area contributed by atoms with Gasteiger partial charge < -0.3 is 10.6 Å². The first-order valence-corrected chi connectivity index (χ1v) is 6.47. The van der Waals surface area contributed by atoms with Crippen LogP contribution in [0.2, 0.25) is 0 Å². The number of rotatable bonds is 4. The molecular weight excluding hydrogens is 269 g/mol. The molecule has 0 radical (unpaired) electrons. The predicted molar refractivity (Wildman–Crippen MR) is 68.9 cm³/mol. The van der Waals surface area contributed by atoms with E-state index in [9.17, 15) is 18.0 Å². The molecule has 1 atom stereocenters. The fraction of sp³-hybridized carbons (Fsp3) is 0.500. The van der Waals surface area contributed by atoms with Gasteiger partial charge in [0.15, 0.2) is 0 Å². The van der Waals surface area contributed by atoms with Gasteiger partial charge in [-0.2, -0.15) is 13.2 Å². The van der Waals surface area contributed by atoms with E-state index in [0.717, 1.165) is 10.5 Å². The van der Waals surface area contributed by atoms with Crippen LogP contribution in [0.1, 0.15) is 30.0 Å². The van der Waals surface area contributed by atoms with Crippen LogP contribution in [0.4, 0.5) is 13.2 Å². The molecule has 1 aliphatic rings. The van der Waals surface area contributed by atoms with E-state index in [4.69, 9.17) is 5.73 Å². The van der Waals surface area contributed by atoms with E-state index in [0.29, 0.717) is 18.4 Å². The van der Waals surface area contributed by atoms with Gasteiger partial charge in [0.2, 0.25) is 5.91 Å². The average Bonchev–Trinajstić information content (AvgIpc) is 3.18. The summed E-state index contributed by atoms with van der Waals surface area (Å²) < 4.78 is 37.6. The van der Waals surface area contributed by atoms with Crippen molar-refractivity contribution in [3.05, 3.63) is 35.4 Å². The molecule has 2 N–H and O–H groups in total. The Hall–Kier alpha value is -1.56. The number of hydrogen-bond acceptors (Lipinski definition) is 2. The Morgan fingerprint density at radius 3 is 2.35 bits per heavy atom. The smallest absolute Gasteiger partial charge is 0.329 e. The second-order valence-electron chi connectivity index (χ2n) is 5.20. The summed E-state index contributed by atoms with van der Waals surface area (Å²) in [5.74, 6) is -0.659. The van der Waals surface area contributed by atoms with Crippen LogP contribution in [0.25, 0.3) is 0 Å². The van der Waals surface area contributed by atoms with E-state index in [1.165, 1.54) is 0 Å². The molecule has 3 nitrogen and oxygen atoms in total. The number of hydrogen-bond donors (Lipinski definition) is 1. The first kappa shape index (κ1) is 14.8. The zero-order valence-electron chi connectivity index (χ0n) is 11.2. The number of benzene rings is 1. The third-order valence-corrected chi connectivity index (χ3v) is 3.32. The van der Waals surface area contributed by atoms with Gasteiger partial charge in [0.1, 0.15) is 12.6 Å². The van der Waals surface area contributed by atoms with Crippen molar-refractivity contribution < 1.29 is 18.0 Å². The van der Waals surface area contributed by atoms with Gasteiger partial charge in [0.05, 0.1) is 0 Å². The van der Waals surface area contributed by atoms with Crippen LogP contribution in [0.3, 0.4) is 0 Å². The fourth-order valence-corrected chi connectivity index (χ4v) is 2.06. The molecule has 0 heterocycles. The number of halogens is 3. The minimum absolute atomic E-state index is 0.319. The SMILES string of the molecule is Cc1ccc(C(N)C(=O)N(CC(F)(F)F)C2CC2)cc1. The van der Waals surface area contributed by atoms with Crippen molar-refractivity contribution in [3.8, 4) is 0 Å². The summed E-state index contributed by atoms with van der Waals surface area (Å²) in [7, 11) is 0. The Labute approximate surface area is 115 Å². The molecule has 1 unspecified atom stereocenters. The van der Waals surface area contributed by atoms with Crippen molar-refractivity contribution in [2.45, 2.75) is 38.0 Å². The summed E-state index contributed by atoms with van der Waals surface area (Å²) >= 11 is 0. The van der Waals surface area contributed by atoms with Gasteiger partial charge in [0.25, 0.3) is 0 Å². The van der Waals surface area contributed by atoms with E-state index >= 15 is 0 Å². The minimum atomic E-state index is -4.40. The lowest BCUT2D eigenvalue weighted by molar-refractivity contribution is -0.163. The van der Waals surface area contributed by atoms with E-state index in [2.05, 4.69) is 0 Å². The summed E-state index contributed by atoms with van der Waals surface area (Å²) in [4.78, 5) is 13.1. The van der Waals surface area contributed by atoms with Crippen molar-refractivity contribution in [3.63, 3.8) is 0 Å². The molecule has 110 valence electrons. The van der Waals surface area contributed by atoms with E-state index in [1.54, 1.807) is 24.3 Å². The number of amides is 1. The molecule has 0 aliphatic heterocycles. The summed E-state index contributed by atoms with van der Waals surface area (Å²) in [6.07, 6.45) is -3.17. The number of carbonyl (C=O) groups excluding carboxylic acids is 1. The standard InChI is InChI=1S/C14H17F3N2O/c1-9-2-4-10(5-3-9)12(18)13(20)19(11-6-7-11)8-14(15,16)17/h2-5,11-12H,6-8,18H2,1H3. The Morgan fingerprint density at radius 2 is 1.90 bits per heavy atom. The van der Waals surface area contributed by atoms with Crippen LogP contribution in [0, 0.1) is 6.92 Å². The molecule has 6 heteroatoms. The Kier molecular flexibility index (Phi) is 4.04. The fourth-order valence-electron chi connectivity index (χ4n) is 2.06. The van der Waals surface area contributed by atoms with Crippen LogP contribution < -0.4 is 5.73 Å². The molecule has 0 spiro atoms. The molecular formula is C14H17F3N2O. The highest BCUT2D eigenvalue weighted by molar-refractivity contribution is 5.83. The second-order valence-corrected chi connectivity index (χ2v) is 5.20. The largest absolute Gasteiger partial charge is 0.406 e. The van der Waals surface area contributed by atoms with Crippen LogP contribution in [0.15, 0.2) is 24.3 Å². The van der Waals surface area contributed by atoms with Crippen LogP contribution in [-0.2, 0) is 4.79 Å². The second kappa shape index (κ2) is 5.44. The van der Waals surface area contributed by atoms with Crippen LogP contribution >= 0.6 is 0 Å². The third-order valence-electron chi connectivity index (χ3n) is 3.32. The number of carbonyl (C=O) groups is 1. The normalized spacial score (nSPS) is 16.9. The van der Waals surface area contributed by atoms with E-state index in [1.807, 2.05) is 6.92 Å². The van der Waals surface area contributed by atoms with Crippen molar-refractivity contribution in [2.75, 3.05) is 6.54 Å². The maximum absolute atomic E-state index is 12.5. The predicted octanol–water partition coefficient (Wildman–Crippen LogP) is 2.55. The molecule has 1 aromatic carbocycles. The summed E-state index contributed by atoms with van der Waals surface area (Å²) in [5, 5.41) is 0. The lowest BCUT2D eigenvalue weighted by Crippen LogP contribution is -2.44. The minimum Gasteiger partial charge on any atom is -0.329 e. The Morgan fingerprint density at radius 1 is 1.35 bits per heavy atom. The van der Waals surface area contributed by atoms with Crippen LogP contribution in [0.5, 0.6) is 0 Å². The molecule has 0 saturated heterocycles. The Balaban J connectivity index is 2.12. The number of aryl methyl sites for hydroxylation is 1. The molecule has 1 aliphatic carbocycles. The summed E-state index contributed by atoms with van der Waals surface area (Å²) in [5.41, 5.74) is 7.35. The molecule has 2 rings (SSSR count). The highest BCUT2D eigenvalue weighted by Gasteiger charge is 2.42. The van der Waals surface area contributed by atoms with Crippen LogP contribution in [-0.4, -0.2) is 29.6 Å².